The van der Waals surface area contributed by atoms with E-state index in [9.17, 15) is 22.4 Å². The standard InChI is InChI=1S/C22H21F4N5O2/c1-12-17(19-28-9-14(13-2-3-13)11-31(19)30-12)20(32)29-21(4-6-33-7-5-21)15-8-16(23)18(27-10-15)22(24,25)26/h8-11,13H,2-7H2,1H3,(H,29,32). The van der Waals surface area contributed by atoms with E-state index < -0.39 is 29.1 Å². The number of fused-ring (bicyclic) bond motifs is 1. The first-order valence-corrected chi connectivity index (χ1v) is 10.7. The van der Waals surface area contributed by atoms with Crippen molar-refractivity contribution < 1.29 is 27.1 Å². The fourth-order valence-corrected chi connectivity index (χ4v) is 4.35. The maximum atomic E-state index is 14.3. The topological polar surface area (TPSA) is 81.4 Å². The molecule has 0 bridgehead atoms. The lowest BCUT2D eigenvalue weighted by Crippen LogP contribution is -2.49. The molecule has 0 atom stereocenters. The summed E-state index contributed by atoms with van der Waals surface area (Å²) in [5, 5.41) is 7.34. The molecule has 1 amide bonds. The van der Waals surface area contributed by atoms with Gasteiger partial charge in [0, 0.05) is 31.8 Å². The van der Waals surface area contributed by atoms with Crippen LogP contribution in [0.15, 0.2) is 24.7 Å². The van der Waals surface area contributed by atoms with Gasteiger partial charge in [0.2, 0.25) is 0 Å². The molecule has 0 radical (unpaired) electrons. The highest BCUT2D eigenvalue weighted by molar-refractivity contribution is 6.01. The summed E-state index contributed by atoms with van der Waals surface area (Å²) >= 11 is 0. The van der Waals surface area contributed by atoms with Crippen LogP contribution in [0.1, 0.15) is 64.5 Å². The van der Waals surface area contributed by atoms with Crippen LogP contribution in [-0.4, -0.2) is 38.7 Å². The molecule has 5 rings (SSSR count). The third-order valence-electron chi connectivity index (χ3n) is 6.30. The molecule has 2 aliphatic rings. The van der Waals surface area contributed by atoms with Gasteiger partial charge in [-0.15, -0.1) is 0 Å². The fourth-order valence-electron chi connectivity index (χ4n) is 4.35. The van der Waals surface area contributed by atoms with E-state index in [-0.39, 0.29) is 37.2 Å². The highest BCUT2D eigenvalue weighted by atomic mass is 19.4. The van der Waals surface area contributed by atoms with Crippen molar-refractivity contribution >= 4 is 11.6 Å². The third-order valence-corrected chi connectivity index (χ3v) is 6.30. The number of alkyl halides is 3. The molecule has 174 valence electrons. The molecule has 1 saturated heterocycles. The van der Waals surface area contributed by atoms with Crippen LogP contribution in [0.3, 0.4) is 0 Å². The Morgan fingerprint density at radius 3 is 2.58 bits per heavy atom. The Kier molecular flexibility index (Phi) is 5.11. The number of aryl methyl sites for hydroxylation is 1. The first-order valence-electron chi connectivity index (χ1n) is 10.7. The van der Waals surface area contributed by atoms with Gasteiger partial charge in [-0.1, -0.05) is 0 Å². The largest absolute Gasteiger partial charge is 0.436 e. The van der Waals surface area contributed by atoms with Gasteiger partial charge in [-0.05, 0) is 55.7 Å². The van der Waals surface area contributed by atoms with Gasteiger partial charge in [0.25, 0.3) is 5.91 Å². The van der Waals surface area contributed by atoms with Crippen LogP contribution >= 0.6 is 0 Å². The Morgan fingerprint density at radius 1 is 1.21 bits per heavy atom. The zero-order valence-electron chi connectivity index (χ0n) is 17.7. The zero-order chi connectivity index (χ0) is 23.4. The molecule has 33 heavy (non-hydrogen) atoms. The number of ether oxygens (including phenoxy) is 1. The van der Waals surface area contributed by atoms with Crippen molar-refractivity contribution in [3.63, 3.8) is 0 Å². The van der Waals surface area contributed by atoms with E-state index in [4.69, 9.17) is 4.74 Å². The summed E-state index contributed by atoms with van der Waals surface area (Å²) in [6.45, 7) is 2.19. The van der Waals surface area contributed by atoms with E-state index in [0.29, 0.717) is 17.3 Å². The van der Waals surface area contributed by atoms with Crippen LogP contribution in [0.25, 0.3) is 5.65 Å². The molecule has 3 aromatic rings. The number of amides is 1. The van der Waals surface area contributed by atoms with Gasteiger partial charge in [0.1, 0.15) is 5.56 Å². The van der Waals surface area contributed by atoms with Crippen molar-refractivity contribution in [1.29, 1.82) is 0 Å². The summed E-state index contributed by atoms with van der Waals surface area (Å²) in [7, 11) is 0. The lowest BCUT2D eigenvalue weighted by molar-refractivity contribution is -0.143. The van der Waals surface area contributed by atoms with Gasteiger partial charge in [-0.2, -0.15) is 18.3 Å². The summed E-state index contributed by atoms with van der Waals surface area (Å²) < 4.78 is 60.2. The smallest absolute Gasteiger partial charge is 0.381 e. The fraction of sp³-hybridized carbons (Fsp3) is 0.455. The van der Waals surface area contributed by atoms with E-state index >= 15 is 0 Å². The number of nitrogens with zero attached hydrogens (tertiary/aromatic N) is 4. The van der Waals surface area contributed by atoms with Crippen molar-refractivity contribution in [3.05, 3.63) is 58.6 Å². The van der Waals surface area contributed by atoms with Crippen LogP contribution in [0.2, 0.25) is 0 Å². The minimum absolute atomic E-state index is 0.155. The van der Waals surface area contributed by atoms with Crippen LogP contribution in [0, 0.1) is 12.7 Å². The van der Waals surface area contributed by atoms with Crippen molar-refractivity contribution in [2.45, 2.75) is 50.2 Å². The van der Waals surface area contributed by atoms with E-state index in [1.807, 2.05) is 6.20 Å². The molecule has 4 heterocycles. The van der Waals surface area contributed by atoms with Crippen molar-refractivity contribution in [2.24, 2.45) is 0 Å². The second-order valence-corrected chi connectivity index (χ2v) is 8.59. The predicted molar refractivity (Wildman–Crippen MR) is 108 cm³/mol. The Morgan fingerprint density at radius 2 is 1.94 bits per heavy atom. The van der Waals surface area contributed by atoms with Gasteiger partial charge < -0.3 is 10.1 Å². The first kappa shape index (κ1) is 21.7. The van der Waals surface area contributed by atoms with E-state index in [0.717, 1.165) is 30.7 Å². The summed E-state index contributed by atoms with van der Waals surface area (Å²) in [4.78, 5) is 21.2. The number of hydrogen-bond donors (Lipinski definition) is 1. The van der Waals surface area contributed by atoms with Crippen LogP contribution in [0.4, 0.5) is 17.6 Å². The molecular weight excluding hydrogens is 442 g/mol. The summed E-state index contributed by atoms with van der Waals surface area (Å²) in [6.07, 6.45) is 2.37. The molecule has 0 aromatic carbocycles. The average molecular weight is 463 g/mol. The number of carbonyl (C=O) groups is 1. The van der Waals surface area contributed by atoms with Crippen molar-refractivity contribution in [1.82, 2.24) is 24.9 Å². The van der Waals surface area contributed by atoms with Crippen molar-refractivity contribution in [2.75, 3.05) is 13.2 Å². The normalized spacial score (nSPS) is 18.5. The predicted octanol–water partition coefficient (Wildman–Crippen LogP) is 3.90. The monoisotopic (exact) mass is 463 g/mol. The Labute approximate surface area is 186 Å². The molecule has 1 N–H and O–H groups in total. The zero-order valence-corrected chi connectivity index (χ0v) is 17.7. The van der Waals surface area contributed by atoms with Crippen LogP contribution in [0.5, 0.6) is 0 Å². The van der Waals surface area contributed by atoms with E-state index in [1.54, 1.807) is 17.6 Å². The van der Waals surface area contributed by atoms with Gasteiger partial charge in [-0.25, -0.2) is 18.9 Å². The average Bonchev–Trinajstić information content (AvgIpc) is 3.55. The summed E-state index contributed by atoms with van der Waals surface area (Å²) in [5.41, 5.74) is -0.397. The van der Waals surface area contributed by atoms with E-state index in [2.05, 4.69) is 20.4 Å². The maximum Gasteiger partial charge on any atom is 0.436 e. The number of aromatic nitrogens is 4. The summed E-state index contributed by atoms with van der Waals surface area (Å²) in [5.74, 6) is -1.51. The molecule has 0 spiro atoms. The maximum absolute atomic E-state index is 14.3. The molecule has 1 saturated carbocycles. The van der Waals surface area contributed by atoms with Gasteiger partial charge in [-0.3, -0.25) is 4.79 Å². The van der Waals surface area contributed by atoms with Gasteiger partial charge >= 0.3 is 6.18 Å². The Balaban J connectivity index is 1.50. The molecule has 1 aliphatic carbocycles. The lowest BCUT2D eigenvalue weighted by atomic mass is 9.83. The third kappa shape index (κ3) is 3.94. The molecular formula is C22H21F4N5O2. The number of pyridine rings is 1. The number of nitrogens with one attached hydrogen (secondary N) is 1. The summed E-state index contributed by atoms with van der Waals surface area (Å²) in [6, 6.07) is 0.796. The van der Waals surface area contributed by atoms with Crippen LogP contribution < -0.4 is 5.32 Å². The Bertz CT molecular complexity index is 1230. The van der Waals surface area contributed by atoms with E-state index in [1.165, 1.54) is 0 Å². The SMILES string of the molecule is Cc1nn2cc(C3CC3)cnc2c1C(=O)NC1(c2cnc(C(F)(F)F)c(F)c2)CCOCC1. The molecule has 2 fully saturated rings. The molecule has 3 aromatic heterocycles. The second kappa shape index (κ2) is 7.75. The highest BCUT2D eigenvalue weighted by Gasteiger charge is 2.41. The van der Waals surface area contributed by atoms with Crippen molar-refractivity contribution in [3.8, 4) is 0 Å². The Hall–Kier alpha value is -3.08. The van der Waals surface area contributed by atoms with Gasteiger partial charge in [0.15, 0.2) is 17.2 Å². The number of hydrogen-bond acceptors (Lipinski definition) is 5. The number of rotatable bonds is 4. The number of halogens is 4. The van der Waals surface area contributed by atoms with Gasteiger partial charge in [0.05, 0.1) is 11.2 Å². The molecule has 0 unspecified atom stereocenters. The first-order chi connectivity index (χ1) is 15.7. The minimum Gasteiger partial charge on any atom is -0.381 e. The lowest BCUT2D eigenvalue weighted by Gasteiger charge is -2.38. The quantitative estimate of drug-likeness (QED) is 0.594. The highest BCUT2D eigenvalue weighted by Crippen LogP contribution is 2.40. The minimum atomic E-state index is -4.91. The molecule has 1 aliphatic heterocycles. The molecule has 7 nitrogen and oxygen atoms in total. The second-order valence-electron chi connectivity index (χ2n) is 8.59. The number of carbonyl (C=O) groups excluding carboxylic acids is 1. The molecule has 11 heteroatoms. The van der Waals surface area contributed by atoms with Crippen LogP contribution in [-0.2, 0) is 16.5 Å².